The van der Waals surface area contributed by atoms with E-state index < -0.39 is 0 Å². The summed E-state index contributed by atoms with van der Waals surface area (Å²) in [5.74, 6) is 0.107. The molecule has 1 aromatic carbocycles. The Bertz CT molecular complexity index is 574. The Morgan fingerprint density at radius 3 is 2.88 bits per heavy atom. The van der Waals surface area contributed by atoms with Crippen LogP contribution in [0.15, 0.2) is 18.2 Å². The molecule has 1 fully saturated rings. The summed E-state index contributed by atoms with van der Waals surface area (Å²) in [6, 6.07) is 4.55. The first-order valence-corrected chi connectivity index (χ1v) is 8.68. The summed E-state index contributed by atoms with van der Waals surface area (Å²) in [5, 5.41) is 8.69. The first-order valence-electron chi connectivity index (χ1n) is 8.30. The highest BCUT2D eigenvalue weighted by Crippen LogP contribution is 2.20. The zero-order chi connectivity index (χ0) is 17.4. The fourth-order valence-corrected chi connectivity index (χ4v) is 2.69. The second-order valence-electron chi connectivity index (χ2n) is 5.87. The van der Waals surface area contributed by atoms with Gasteiger partial charge in [0.25, 0.3) is 5.91 Å². The van der Waals surface area contributed by atoms with Gasteiger partial charge in [-0.2, -0.15) is 0 Å². The molecule has 0 unspecified atom stereocenters. The van der Waals surface area contributed by atoms with E-state index in [9.17, 15) is 9.59 Å². The van der Waals surface area contributed by atoms with Gasteiger partial charge in [0.05, 0.1) is 17.2 Å². The van der Waals surface area contributed by atoms with Crippen LogP contribution in [0.4, 0.5) is 10.5 Å². The predicted octanol–water partition coefficient (Wildman–Crippen LogP) is 3.03. The molecule has 0 aromatic heterocycles. The van der Waals surface area contributed by atoms with Crippen molar-refractivity contribution in [1.82, 2.24) is 10.6 Å². The average molecular weight is 354 g/mol. The third-order valence-corrected chi connectivity index (χ3v) is 4.14. The molecule has 7 heteroatoms. The van der Waals surface area contributed by atoms with Gasteiger partial charge in [0.2, 0.25) is 0 Å². The summed E-state index contributed by atoms with van der Waals surface area (Å²) >= 11 is 6.07. The van der Waals surface area contributed by atoms with Gasteiger partial charge < -0.3 is 20.7 Å². The minimum atomic E-state index is -0.303. The quantitative estimate of drug-likeness (QED) is 0.735. The lowest BCUT2D eigenvalue weighted by atomic mass is 10.0. The maximum absolute atomic E-state index is 12.1. The van der Waals surface area contributed by atoms with Gasteiger partial charge in [-0.15, -0.1) is 0 Å². The molecule has 1 heterocycles. The Balaban J connectivity index is 1.89. The molecular formula is C17H24ClN3O3. The van der Waals surface area contributed by atoms with Gasteiger partial charge in [0.15, 0.2) is 0 Å². The lowest BCUT2D eigenvalue weighted by molar-refractivity contribution is 0.0559. The fraction of sp³-hybridized carbons (Fsp3) is 0.529. The smallest absolute Gasteiger partial charge is 0.319 e. The van der Waals surface area contributed by atoms with Crippen LogP contribution >= 0.6 is 11.6 Å². The summed E-state index contributed by atoms with van der Waals surface area (Å²) in [5.41, 5.74) is 0.877. The molecule has 6 nitrogen and oxygen atoms in total. The second kappa shape index (κ2) is 9.49. The van der Waals surface area contributed by atoms with E-state index in [1.54, 1.807) is 18.2 Å². The van der Waals surface area contributed by atoms with Crippen LogP contribution in [0.1, 0.15) is 36.5 Å². The summed E-state index contributed by atoms with van der Waals surface area (Å²) in [6.07, 6.45) is 2.93. The third-order valence-electron chi connectivity index (χ3n) is 3.81. The van der Waals surface area contributed by atoms with E-state index in [-0.39, 0.29) is 11.9 Å². The van der Waals surface area contributed by atoms with Crippen molar-refractivity contribution in [1.29, 1.82) is 0 Å². The Morgan fingerprint density at radius 2 is 2.17 bits per heavy atom. The molecule has 3 amide bonds. The first-order chi connectivity index (χ1) is 11.6. The van der Waals surface area contributed by atoms with Gasteiger partial charge in [0.1, 0.15) is 0 Å². The Morgan fingerprint density at radius 1 is 1.33 bits per heavy atom. The molecule has 2 rings (SSSR count). The second-order valence-corrected chi connectivity index (χ2v) is 6.28. The molecule has 1 atom stereocenters. The maximum Gasteiger partial charge on any atom is 0.319 e. The molecule has 24 heavy (non-hydrogen) atoms. The number of carbonyl (C=O) groups is 2. The zero-order valence-electron chi connectivity index (χ0n) is 13.9. The number of carbonyl (C=O) groups excluding carboxylic acids is 2. The van der Waals surface area contributed by atoms with Crippen molar-refractivity contribution in [2.75, 3.05) is 31.6 Å². The van der Waals surface area contributed by atoms with Gasteiger partial charge in [-0.3, -0.25) is 4.79 Å². The van der Waals surface area contributed by atoms with Crippen molar-refractivity contribution < 1.29 is 14.3 Å². The average Bonchev–Trinajstić information content (AvgIpc) is 2.60. The van der Waals surface area contributed by atoms with Crippen molar-refractivity contribution in [2.45, 2.75) is 26.2 Å². The van der Waals surface area contributed by atoms with Crippen LogP contribution in [0, 0.1) is 5.92 Å². The molecule has 1 aliphatic rings. The summed E-state index contributed by atoms with van der Waals surface area (Å²) in [7, 11) is 0. The highest BCUT2D eigenvalue weighted by Gasteiger charge is 2.15. The Kier molecular flexibility index (Phi) is 7.34. The van der Waals surface area contributed by atoms with Crippen LogP contribution in [0.25, 0.3) is 0 Å². The number of benzene rings is 1. The van der Waals surface area contributed by atoms with Gasteiger partial charge >= 0.3 is 6.03 Å². The first kappa shape index (κ1) is 18.5. The largest absolute Gasteiger partial charge is 0.381 e. The van der Waals surface area contributed by atoms with Gasteiger partial charge in [-0.25, -0.2) is 4.79 Å². The monoisotopic (exact) mass is 353 g/mol. The maximum atomic E-state index is 12.1. The van der Waals surface area contributed by atoms with Crippen LogP contribution < -0.4 is 16.0 Å². The molecule has 0 radical (unpaired) electrons. The Hall–Kier alpha value is -1.79. The minimum absolute atomic E-state index is 0.245. The van der Waals surface area contributed by atoms with Crippen LogP contribution in [0.5, 0.6) is 0 Å². The predicted molar refractivity (Wildman–Crippen MR) is 94.6 cm³/mol. The molecule has 0 spiro atoms. The summed E-state index contributed by atoms with van der Waals surface area (Å²) < 4.78 is 5.39. The standard InChI is InChI=1S/C17H24ClN3O3/c1-2-7-19-16(22)14-9-13(5-6-15(14)18)21-17(23)20-10-12-4-3-8-24-11-12/h5-6,9,12H,2-4,7-8,10-11H2,1H3,(H,19,22)(H2,20,21,23)/t12-/m1/s1. The van der Waals surface area contributed by atoms with Gasteiger partial charge in [0, 0.05) is 25.4 Å². The zero-order valence-corrected chi connectivity index (χ0v) is 14.6. The van der Waals surface area contributed by atoms with Gasteiger partial charge in [-0.1, -0.05) is 18.5 Å². The number of nitrogens with one attached hydrogen (secondary N) is 3. The number of ether oxygens (including phenoxy) is 1. The number of urea groups is 1. The topological polar surface area (TPSA) is 79.5 Å². The lowest BCUT2D eigenvalue weighted by Crippen LogP contribution is -2.36. The van der Waals surface area contributed by atoms with Crippen molar-refractivity contribution in [3.05, 3.63) is 28.8 Å². The number of amides is 3. The SMILES string of the molecule is CCCNC(=O)c1cc(NC(=O)NC[C@H]2CCCOC2)ccc1Cl. The van der Waals surface area contributed by atoms with Crippen molar-refractivity contribution in [2.24, 2.45) is 5.92 Å². The van der Waals surface area contributed by atoms with Gasteiger partial charge in [-0.05, 0) is 43.4 Å². The lowest BCUT2D eigenvalue weighted by Gasteiger charge is -2.22. The van der Waals surface area contributed by atoms with Crippen LogP contribution in [-0.2, 0) is 4.74 Å². The number of anilines is 1. The van der Waals surface area contributed by atoms with E-state index >= 15 is 0 Å². The minimum Gasteiger partial charge on any atom is -0.381 e. The summed E-state index contributed by atoms with van der Waals surface area (Å²) in [6.45, 7) is 4.61. The number of hydrogen-bond acceptors (Lipinski definition) is 3. The third kappa shape index (κ3) is 5.69. The van der Waals surface area contributed by atoms with Crippen LogP contribution in [0.2, 0.25) is 5.02 Å². The number of hydrogen-bond donors (Lipinski definition) is 3. The molecule has 1 aliphatic heterocycles. The number of halogens is 1. The molecule has 0 saturated carbocycles. The van der Waals surface area contributed by atoms with E-state index in [4.69, 9.17) is 16.3 Å². The fourth-order valence-electron chi connectivity index (χ4n) is 2.49. The molecule has 132 valence electrons. The van der Waals surface area contributed by atoms with E-state index in [0.29, 0.717) is 41.9 Å². The van der Waals surface area contributed by atoms with Crippen molar-refractivity contribution >= 4 is 29.2 Å². The highest BCUT2D eigenvalue weighted by atomic mass is 35.5. The number of rotatable bonds is 6. The molecule has 0 aliphatic carbocycles. The van der Waals surface area contributed by atoms with Crippen molar-refractivity contribution in [3.8, 4) is 0 Å². The summed E-state index contributed by atoms with van der Waals surface area (Å²) in [4.78, 5) is 24.1. The molecule has 1 aromatic rings. The van der Waals surface area contributed by atoms with Crippen molar-refractivity contribution in [3.63, 3.8) is 0 Å². The van der Waals surface area contributed by atoms with Crippen LogP contribution in [-0.4, -0.2) is 38.2 Å². The molecule has 0 bridgehead atoms. The normalized spacial score (nSPS) is 17.2. The molecular weight excluding hydrogens is 330 g/mol. The van der Waals surface area contributed by atoms with E-state index in [1.807, 2.05) is 6.92 Å². The van der Waals surface area contributed by atoms with E-state index in [2.05, 4.69) is 16.0 Å². The van der Waals surface area contributed by atoms with E-state index in [1.165, 1.54) is 0 Å². The molecule has 1 saturated heterocycles. The Labute approximate surface area is 147 Å². The van der Waals surface area contributed by atoms with E-state index in [0.717, 1.165) is 25.9 Å². The van der Waals surface area contributed by atoms with Crippen LogP contribution in [0.3, 0.4) is 0 Å². The highest BCUT2D eigenvalue weighted by molar-refractivity contribution is 6.34. The molecule has 3 N–H and O–H groups in total.